The van der Waals surface area contributed by atoms with Crippen molar-refractivity contribution in [2.75, 3.05) is 31.1 Å². The zero-order chi connectivity index (χ0) is 20.3. The summed E-state index contributed by atoms with van der Waals surface area (Å²) < 4.78 is 5.92. The van der Waals surface area contributed by atoms with Gasteiger partial charge >= 0.3 is 0 Å². The highest BCUT2D eigenvalue weighted by Gasteiger charge is 2.26. The Bertz CT molecular complexity index is 800. The van der Waals surface area contributed by atoms with Crippen LogP contribution in [0.15, 0.2) is 48.5 Å². The lowest BCUT2D eigenvalue weighted by atomic mass is 9.87. The van der Waals surface area contributed by atoms with E-state index >= 15 is 0 Å². The summed E-state index contributed by atoms with van der Waals surface area (Å²) in [5, 5.41) is 0. The number of amides is 1. The third-order valence-electron chi connectivity index (χ3n) is 5.34. The normalized spacial score (nSPS) is 16.0. The smallest absolute Gasteiger partial charge is 0.263 e. The van der Waals surface area contributed by atoms with E-state index in [0.717, 1.165) is 31.9 Å². The lowest BCUT2D eigenvalue weighted by Crippen LogP contribution is -2.52. The van der Waals surface area contributed by atoms with Crippen molar-refractivity contribution in [3.05, 3.63) is 59.7 Å². The second-order valence-electron chi connectivity index (χ2n) is 8.69. The monoisotopic (exact) mass is 380 g/mol. The molecule has 150 valence electrons. The molecule has 1 amide bonds. The SMILES string of the molecule is Cc1cccc(N2CCN(C(=O)C(C)Oc3ccc(C(C)(C)C)cc3)CC2)c1. The Morgan fingerprint density at radius 1 is 1.00 bits per heavy atom. The summed E-state index contributed by atoms with van der Waals surface area (Å²) in [5.41, 5.74) is 3.86. The molecule has 0 aliphatic carbocycles. The van der Waals surface area contributed by atoms with Crippen LogP contribution in [-0.2, 0) is 10.2 Å². The van der Waals surface area contributed by atoms with Gasteiger partial charge < -0.3 is 14.5 Å². The number of piperazine rings is 1. The molecule has 1 aliphatic heterocycles. The highest BCUT2D eigenvalue weighted by Crippen LogP contribution is 2.25. The number of hydrogen-bond acceptors (Lipinski definition) is 3. The highest BCUT2D eigenvalue weighted by molar-refractivity contribution is 5.81. The molecule has 28 heavy (non-hydrogen) atoms. The Morgan fingerprint density at radius 2 is 1.64 bits per heavy atom. The van der Waals surface area contributed by atoms with Gasteiger partial charge in [-0.25, -0.2) is 0 Å². The van der Waals surface area contributed by atoms with Crippen LogP contribution >= 0.6 is 0 Å². The minimum absolute atomic E-state index is 0.0591. The van der Waals surface area contributed by atoms with Gasteiger partial charge in [0.2, 0.25) is 0 Å². The van der Waals surface area contributed by atoms with Gasteiger partial charge in [0.25, 0.3) is 5.91 Å². The maximum atomic E-state index is 12.8. The summed E-state index contributed by atoms with van der Waals surface area (Å²) in [5.74, 6) is 0.802. The fourth-order valence-corrected chi connectivity index (χ4v) is 3.55. The molecular weight excluding hydrogens is 348 g/mol. The van der Waals surface area contributed by atoms with Crippen LogP contribution in [-0.4, -0.2) is 43.1 Å². The summed E-state index contributed by atoms with van der Waals surface area (Å²) in [6.07, 6.45) is -0.481. The molecule has 1 unspecified atom stereocenters. The van der Waals surface area contributed by atoms with Crippen molar-refractivity contribution in [1.29, 1.82) is 0 Å². The van der Waals surface area contributed by atoms with Gasteiger partial charge in [-0.2, -0.15) is 0 Å². The van der Waals surface area contributed by atoms with Gasteiger partial charge in [-0.15, -0.1) is 0 Å². The van der Waals surface area contributed by atoms with Crippen LogP contribution in [0.25, 0.3) is 0 Å². The van der Waals surface area contributed by atoms with E-state index in [-0.39, 0.29) is 11.3 Å². The third kappa shape index (κ3) is 4.86. The summed E-state index contributed by atoms with van der Waals surface area (Å²) in [7, 11) is 0. The van der Waals surface area contributed by atoms with Gasteiger partial charge in [0.1, 0.15) is 5.75 Å². The summed E-state index contributed by atoms with van der Waals surface area (Å²) in [6, 6.07) is 16.6. The average Bonchev–Trinajstić information content (AvgIpc) is 2.67. The van der Waals surface area contributed by atoms with Crippen LogP contribution in [0.3, 0.4) is 0 Å². The molecule has 1 saturated heterocycles. The number of rotatable bonds is 4. The van der Waals surface area contributed by atoms with E-state index < -0.39 is 6.10 Å². The van der Waals surface area contributed by atoms with Crippen LogP contribution in [0.1, 0.15) is 38.8 Å². The van der Waals surface area contributed by atoms with Crippen LogP contribution in [0.2, 0.25) is 0 Å². The van der Waals surface area contributed by atoms with Crippen molar-refractivity contribution in [2.45, 2.75) is 46.1 Å². The Morgan fingerprint density at radius 3 is 2.21 bits per heavy atom. The first-order valence-electron chi connectivity index (χ1n) is 10.1. The highest BCUT2D eigenvalue weighted by atomic mass is 16.5. The van der Waals surface area contributed by atoms with E-state index in [1.54, 1.807) is 0 Å². The Kier molecular flexibility index (Phi) is 5.97. The van der Waals surface area contributed by atoms with Crippen LogP contribution in [0.5, 0.6) is 5.75 Å². The van der Waals surface area contributed by atoms with E-state index in [1.807, 2.05) is 24.0 Å². The van der Waals surface area contributed by atoms with Gasteiger partial charge in [-0.05, 0) is 54.7 Å². The summed E-state index contributed by atoms with van der Waals surface area (Å²) >= 11 is 0. The zero-order valence-corrected chi connectivity index (χ0v) is 17.7. The molecule has 0 aromatic heterocycles. The Labute approximate surface area is 169 Å². The number of carbonyl (C=O) groups is 1. The largest absolute Gasteiger partial charge is 0.481 e. The zero-order valence-electron chi connectivity index (χ0n) is 17.7. The molecule has 2 aromatic rings. The molecule has 1 aliphatic rings. The predicted octanol–water partition coefficient (Wildman–Crippen LogP) is 4.41. The van der Waals surface area contributed by atoms with Crippen molar-refractivity contribution in [3.8, 4) is 5.75 Å². The predicted molar refractivity (Wildman–Crippen MR) is 115 cm³/mol. The van der Waals surface area contributed by atoms with Gasteiger partial charge in [0, 0.05) is 31.9 Å². The second kappa shape index (κ2) is 8.26. The van der Waals surface area contributed by atoms with E-state index in [9.17, 15) is 4.79 Å². The molecule has 1 atom stereocenters. The van der Waals surface area contributed by atoms with Crippen molar-refractivity contribution in [1.82, 2.24) is 4.90 Å². The van der Waals surface area contributed by atoms with E-state index in [2.05, 4.69) is 69.0 Å². The molecule has 0 spiro atoms. The van der Waals surface area contributed by atoms with E-state index in [1.165, 1.54) is 16.8 Å². The minimum atomic E-state index is -0.481. The standard InChI is InChI=1S/C24H32N2O2/c1-18-7-6-8-21(17-18)25-13-15-26(16-14-25)23(27)19(2)28-22-11-9-20(10-12-22)24(3,4)5/h6-12,17,19H,13-16H2,1-5H3. The first kappa shape index (κ1) is 20.2. The molecule has 4 nitrogen and oxygen atoms in total. The van der Waals surface area contributed by atoms with E-state index in [4.69, 9.17) is 4.74 Å². The molecule has 0 saturated carbocycles. The summed E-state index contributed by atoms with van der Waals surface area (Å²) in [6.45, 7) is 13.7. The lowest BCUT2D eigenvalue weighted by molar-refractivity contribution is -0.138. The maximum Gasteiger partial charge on any atom is 0.263 e. The van der Waals surface area contributed by atoms with Gasteiger partial charge in [-0.1, -0.05) is 45.0 Å². The number of ether oxygens (including phenoxy) is 1. The number of carbonyl (C=O) groups excluding carboxylic acids is 1. The minimum Gasteiger partial charge on any atom is -0.481 e. The number of aryl methyl sites for hydroxylation is 1. The molecule has 0 N–H and O–H groups in total. The summed E-state index contributed by atoms with van der Waals surface area (Å²) in [4.78, 5) is 17.1. The fourth-order valence-electron chi connectivity index (χ4n) is 3.55. The molecule has 3 rings (SSSR count). The van der Waals surface area contributed by atoms with Crippen LogP contribution in [0.4, 0.5) is 5.69 Å². The molecule has 1 fully saturated rings. The number of anilines is 1. The first-order valence-corrected chi connectivity index (χ1v) is 10.1. The molecular formula is C24H32N2O2. The quantitative estimate of drug-likeness (QED) is 0.788. The first-order chi connectivity index (χ1) is 13.2. The molecule has 4 heteroatoms. The van der Waals surface area contributed by atoms with E-state index in [0.29, 0.717) is 0 Å². The number of benzene rings is 2. The molecule has 2 aromatic carbocycles. The van der Waals surface area contributed by atoms with Crippen molar-refractivity contribution in [3.63, 3.8) is 0 Å². The van der Waals surface area contributed by atoms with Crippen LogP contribution in [0, 0.1) is 6.92 Å². The van der Waals surface area contributed by atoms with Gasteiger partial charge in [-0.3, -0.25) is 4.79 Å². The molecule has 0 radical (unpaired) electrons. The topological polar surface area (TPSA) is 32.8 Å². The number of nitrogens with zero attached hydrogens (tertiary/aromatic N) is 2. The lowest BCUT2D eigenvalue weighted by Gasteiger charge is -2.37. The maximum absolute atomic E-state index is 12.8. The second-order valence-corrected chi connectivity index (χ2v) is 8.69. The Balaban J connectivity index is 1.54. The van der Waals surface area contributed by atoms with Crippen LogP contribution < -0.4 is 9.64 Å². The number of hydrogen-bond donors (Lipinski definition) is 0. The van der Waals surface area contributed by atoms with Crippen molar-refractivity contribution in [2.24, 2.45) is 0 Å². The third-order valence-corrected chi connectivity index (χ3v) is 5.34. The van der Waals surface area contributed by atoms with Crippen molar-refractivity contribution >= 4 is 11.6 Å². The van der Waals surface area contributed by atoms with Gasteiger partial charge in [0.15, 0.2) is 6.10 Å². The van der Waals surface area contributed by atoms with Gasteiger partial charge in [0.05, 0.1) is 0 Å². The fraction of sp³-hybridized carbons (Fsp3) is 0.458. The van der Waals surface area contributed by atoms with Crippen molar-refractivity contribution < 1.29 is 9.53 Å². The molecule has 0 bridgehead atoms. The molecule has 1 heterocycles. The Hall–Kier alpha value is -2.49. The average molecular weight is 381 g/mol.